The monoisotopic (exact) mass is 244 g/mol. The molecule has 1 aromatic carbocycles. The van der Waals surface area contributed by atoms with Crippen molar-refractivity contribution in [2.45, 2.75) is 0 Å². The molecule has 1 aromatic rings. The molecule has 0 unspecified atom stereocenters. The lowest BCUT2D eigenvalue weighted by Crippen LogP contribution is -1.93. The van der Waals surface area contributed by atoms with Gasteiger partial charge < -0.3 is 4.74 Å². The van der Waals surface area contributed by atoms with Crippen molar-refractivity contribution >= 4 is 17.7 Å². The molecule has 0 radical (unpaired) electrons. The van der Waals surface area contributed by atoms with E-state index in [2.05, 4.69) is 6.58 Å². The summed E-state index contributed by atoms with van der Waals surface area (Å²) < 4.78 is 5.30. The number of benzene rings is 1. The first kappa shape index (κ1) is 12.8. The summed E-state index contributed by atoms with van der Waals surface area (Å²) in [6, 6.07) is 8.60. The highest BCUT2D eigenvalue weighted by Gasteiger charge is 2.02. The second kappa shape index (κ2) is 6.37. The van der Waals surface area contributed by atoms with Gasteiger partial charge in [0.25, 0.3) is 0 Å². The number of allylic oxidation sites excluding steroid dienone is 1. The zero-order valence-corrected chi connectivity index (χ0v) is 9.74. The van der Waals surface area contributed by atoms with Gasteiger partial charge in [-0.05, 0) is 23.8 Å². The van der Waals surface area contributed by atoms with Gasteiger partial charge in [-0.1, -0.05) is 30.3 Å². The van der Waals surface area contributed by atoms with Crippen LogP contribution in [0, 0.1) is 22.7 Å². The Bertz CT molecular complexity index is 519. The van der Waals surface area contributed by atoms with E-state index in [1.165, 1.54) is 6.08 Å². The SMILES string of the molecule is C=CCOc1ccc(C=C(C#N)C#N)cc1Cl. The summed E-state index contributed by atoms with van der Waals surface area (Å²) in [5.74, 6) is 0.541. The molecule has 0 atom stereocenters. The lowest BCUT2D eigenvalue weighted by atomic mass is 10.1. The molecule has 17 heavy (non-hydrogen) atoms. The predicted octanol–water partition coefficient (Wildman–Crippen LogP) is 3.34. The van der Waals surface area contributed by atoms with Crippen molar-refractivity contribution in [1.82, 2.24) is 0 Å². The van der Waals surface area contributed by atoms with Gasteiger partial charge in [0.05, 0.1) is 5.02 Å². The molecule has 0 aliphatic heterocycles. The molecule has 84 valence electrons. The molecule has 0 aliphatic carbocycles. The van der Waals surface area contributed by atoms with Crippen LogP contribution in [0.1, 0.15) is 5.56 Å². The fraction of sp³-hybridized carbons (Fsp3) is 0.0769. The Kier molecular flexibility index (Phi) is 4.81. The number of hydrogen-bond donors (Lipinski definition) is 0. The van der Waals surface area contributed by atoms with Gasteiger partial charge in [-0.25, -0.2) is 0 Å². The summed E-state index contributed by atoms with van der Waals surface area (Å²) >= 11 is 5.98. The summed E-state index contributed by atoms with van der Waals surface area (Å²) in [4.78, 5) is 0. The van der Waals surface area contributed by atoms with E-state index in [9.17, 15) is 0 Å². The van der Waals surface area contributed by atoms with E-state index in [0.29, 0.717) is 22.9 Å². The molecule has 0 N–H and O–H groups in total. The minimum Gasteiger partial charge on any atom is -0.488 e. The van der Waals surface area contributed by atoms with Crippen LogP contribution in [-0.4, -0.2) is 6.61 Å². The Morgan fingerprint density at radius 1 is 1.41 bits per heavy atom. The van der Waals surface area contributed by atoms with E-state index in [1.807, 2.05) is 0 Å². The second-order valence-corrected chi connectivity index (χ2v) is 3.48. The lowest BCUT2D eigenvalue weighted by molar-refractivity contribution is 0.363. The Labute approximate surface area is 105 Å². The normalized spacial score (nSPS) is 8.65. The van der Waals surface area contributed by atoms with Crippen molar-refractivity contribution in [2.75, 3.05) is 6.61 Å². The molecule has 1 rings (SSSR count). The molecule has 0 saturated heterocycles. The summed E-state index contributed by atoms with van der Waals surface area (Å²) in [7, 11) is 0. The number of ether oxygens (including phenoxy) is 1. The Hall–Kier alpha value is -2.23. The fourth-order valence-corrected chi connectivity index (χ4v) is 1.37. The number of rotatable bonds is 4. The molecule has 0 aliphatic rings. The first-order valence-corrected chi connectivity index (χ1v) is 5.14. The average Bonchev–Trinajstić information content (AvgIpc) is 2.35. The van der Waals surface area contributed by atoms with Crippen LogP contribution in [0.3, 0.4) is 0 Å². The van der Waals surface area contributed by atoms with Crippen molar-refractivity contribution in [2.24, 2.45) is 0 Å². The van der Waals surface area contributed by atoms with Gasteiger partial charge in [0.1, 0.15) is 30.1 Å². The third-order valence-electron chi connectivity index (χ3n) is 1.86. The molecular formula is C13H9ClN2O. The van der Waals surface area contributed by atoms with Crippen LogP contribution in [0.25, 0.3) is 6.08 Å². The Morgan fingerprint density at radius 3 is 2.65 bits per heavy atom. The minimum absolute atomic E-state index is 0.0285. The fourth-order valence-electron chi connectivity index (χ4n) is 1.13. The van der Waals surface area contributed by atoms with E-state index in [4.69, 9.17) is 26.9 Å². The summed E-state index contributed by atoms with van der Waals surface area (Å²) in [5.41, 5.74) is 0.708. The van der Waals surface area contributed by atoms with Crippen LogP contribution in [0.5, 0.6) is 5.75 Å². The molecule has 0 spiro atoms. The minimum atomic E-state index is 0.0285. The number of nitrogens with zero attached hydrogens (tertiary/aromatic N) is 2. The van der Waals surface area contributed by atoms with Crippen molar-refractivity contribution in [3.63, 3.8) is 0 Å². The zero-order valence-electron chi connectivity index (χ0n) is 8.98. The molecule has 0 saturated carbocycles. The maximum atomic E-state index is 8.62. The van der Waals surface area contributed by atoms with E-state index >= 15 is 0 Å². The van der Waals surface area contributed by atoms with E-state index in [1.54, 1.807) is 36.4 Å². The standard InChI is InChI=1S/C13H9ClN2O/c1-2-5-17-13-4-3-10(7-12(13)14)6-11(8-15)9-16/h2-4,6-7H,1,5H2. The van der Waals surface area contributed by atoms with E-state index < -0.39 is 0 Å². The summed E-state index contributed by atoms with van der Waals surface area (Å²) in [6.07, 6.45) is 3.08. The molecule has 4 heteroatoms. The smallest absolute Gasteiger partial charge is 0.138 e. The van der Waals surface area contributed by atoms with Crippen LogP contribution in [0.4, 0.5) is 0 Å². The van der Waals surface area contributed by atoms with Crippen molar-refractivity contribution in [3.05, 3.63) is 47.0 Å². The maximum absolute atomic E-state index is 8.62. The van der Waals surface area contributed by atoms with Gasteiger partial charge in [0.15, 0.2) is 0 Å². The van der Waals surface area contributed by atoms with Crippen LogP contribution >= 0.6 is 11.6 Å². The van der Waals surface area contributed by atoms with E-state index in [-0.39, 0.29) is 5.57 Å². The summed E-state index contributed by atoms with van der Waals surface area (Å²) in [5, 5.41) is 17.7. The van der Waals surface area contributed by atoms with Gasteiger partial charge in [0.2, 0.25) is 0 Å². The maximum Gasteiger partial charge on any atom is 0.138 e. The number of nitriles is 2. The van der Waals surface area contributed by atoms with E-state index in [0.717, 1.165) is 0 Å². The van der Waals surface area contributed by atoms with Gasteiger partial charge in [-0.3, -0.25) is 0 Å². The number of hydrogen-bond acceptors (Lipinski definition) is 3. The van der Waals surface area contributed by atoms with Gasteiger partial charge in [0, 0.05) is 0 Å². The van der Waals surface area contributed by atoms with Crippen LogP contribution in [-0.2, 0) is 0 Å². The molecular weight excluding hydrogens is 236 g/mol. The van der Waals surface area contributed by atoms with Crippen molar-refractivity contribution in [3.8, 4) is 17.9 Å². The van der Waals surface area contributed by atoms with Gasteiger partial charge >= 0.3 is 0 Å². The third-order valence-corrected chi connectivity index (χ3v) is 2.16. The third kappa shape index (κ3) is 3.68. The Balaban J connectivity index is 2.98. The topological polar surface area (TPSA) is 56.8 Å². The van der Waals surface area contributed by atoms with Crippen LogP contribution < -0.4 is 4.74 Å². The highest BCUT2D eigenvalue weighted by atomic mass is 35.5. The lowest BCUT2D eigenvalue weighted by Gasteiger charge is -2.05. The first-order chi connectivity index (χ1) is 8.21. The van der Waals surface area contributed by atoms with Crippen LogP contribution in [0.2, 0.25) is 5.02 Å². The first-order valence-electron chi connectivity index (χ1n) is 4.76. The molecule has 0 aromatic heterocycles. The van der Waals surface area contributed by atoms with Gasteiger partial charge in [-0.15, -0.1) is 0 Å². The Morgan fingerprint density at radius 2 is 2.12 bits per heavy atom. The van der Waals surface area contributed by atoms with Gasteiger partial charge in [-0.2, -0.15) is 10.5 Å². The summed E-state index contributed by atoms with van der Waals surface area (Å²) in [6.45, 7) is 3.91. The predicted molar refractivity (Wildman–Crippen MR) is 66.3 cm³/mol. The second-order valence-electron chi connectivity index (χ2n) is 3.07. The molecule has 0 heterocycles. The van der Waals surface area contributed by atoms with Crippen LogP contribution in [0.15, 0.2) is 36.4 Å². The average molecular weight is 245 g/mol. The number of halogens is 1. The van der Waals surface area contributed by atoms with Crippen molar-refractivity contribution < 1.29 is 4.74 Å². The zero-order chi connectivity index (χ0) is 12.7. The molecule has 0 fully saturated rings. The molecule has 0 amide bonds. The quantitative estimate of drug-likeness (QED) is 0.603. The highest BCUT2D eigenvalue weighted by Crippen LogP contribution is 2.26. The molecule has 3 nitrogen and oxygen atoms in total. The van der Waals surface area contributed by atoms with Crippen molar-refractivity contribution in [1.29, 1.82) is 10.5 Å². The largest absolute Gasteiger partial charge is 0.488 e. The highest BCUT2D eigenvalue weighted by molar-refractivity contribution is 6.32. The molecule has 0 bridgehead atoms.